The lowest BCUT2D eigenvalue weighted by molar-refractivity contribution is 0.132. The fourth-order valence-electron chi connectivity index (χ4n) is 1.95. The summed E-state index contributed by atoms with van der Waals surface area (Å²) in [5.41, 5.74) is 6.00. The fraction of sp³-hybridized carbons (Fsp3) is 0.500. The van der Waals surface area contributed by atoms with E-state index in [1.54, 1.807) is 0 Å². The molecule has 0 heterocycles. The molecule has 2 atom stereocenters. The molecule has 0 aromatic heterocycles. The van der Waals surface area contributed by atoms with Crippen molar-refractivity contribution in [1.29, 1.82) is 0 Å². The van der Waals surface area contributed by atoms with E-state index in [0.29, 0.717) is 0 Å². The van der Waals surface area contributed by atoms with Crippen molar-refractivity contribution in [2.75, 3.05) is 0 Å². The van der Waals surface area contributed by atoms with Gasteiger partial charge in [0.15, 0.2) is 0 Å². The van der Waals surface area contributed by atoms with E-state index in [1.807, 2.05) is 30.3 Å². The summed E-state index contributed by atoms with van der Waals surface area (Å²) in [6.45, 7) is 0. The van der Waals surface area contributed by atoms with E-state index >= 15 is 0 Å². The highest BCUT2D eigenvalue weighted by atomic mass is 16.5. The van der Waals surface area contributed by atoms with Gasteiger partial charge in [-0.1, -0.05) is 24.6 Å². The second-order valence-corrected chi connectivity index (χ2v) is 3.92. The van der Waals surface area contributed by atoms with Crippen LogP contribution >= 0.6 is 0 Å². The first-order valence-electron chi connectivity index (χ1n) is 5.33. The number of rotatable bonds is 2. The number of benzene rings is 1. The number of nitrogens with two attached hydrogens (primary N) is 1. The second-order valence-electron chi connectivity index (χ2n) is 3.92. The van der Waals surface area contributed by atoms with Crippen LogP contribution in [0, 0.1) is 0 Å². The van der Waals surface area contributed by atoms with E-state index in [1.165, 1.54) is 12.8 Å². The molecule has 0 aliphatic heterocycles. The maximum Gasteiger partial charge on any atom is 0.119 e. The van der Waals surface area contributed by atoms with Crippen molar-refractivity contribution < 1.29 is 4.74 Å². The van der Waals surface area contributed by atoms with Gasteiger partial charge in [0, 0.05) is 6.04 Å². The minimum Gasteiger partial charge on any atom is -0.489 e. The quantitative estimate of drug-likeness (QED) is 0.778. The third kappa shape index (κ3) is 2.26. The van der Waals surface area contributed by atoms with Crippen molar-refractivity contribution >= 4 is 0 Å². The van der Waals surface area contributed by atoms with Gasteiger partial charge in [-0.15, -0.1) is 0 Å². The minimum atomic E-state index is 0.212. The molecule has 0 saturated heterocycles. The fourth-order valence-corrected chi connectivity index (χ4v) is 1.95. The third-order valence-corrected chi connectivity index (χ3v) is 2.78. The van der Waals surface area contributed by atoms with Crippen molar-refractivity contribution in [1.82, 2.24) is 0 Å². The summed E-state index contributed by atoms with van der Waals surface area (Å²) < 4.78 is 5.84. The van der Waals surface area contributed by atoms with Gasteiger partial charge in [-0.3, -0.25) is 0 Å². The molecule has 0 unspecified atom stereocenters. The molecule has 1 aromatic carbocycles. The summed E-state index contributed by atoms with van der Waals surface area (Å²) in [6.07, 6.45) is 4.89. The molecule has 1 aliphatic rings. The van der Waals surface area contributed by atoms with Crippen molar-refractivity contribution in [3.8, 4) is 5.75 Å². The van der Waals surface area contributed by atoms with Gasteiger partial charge < -0.3 is 10.5 Å². The number of para-hydroxylation sites is 1. The van der Waals surface area contributed by atoms with Crippen molar-refractivity contribution in [2.45, 2.75) is 37.8 Å². The second kappa shape index (κ2) is 4.47. The molecule has 0 amide bonds. The number of hydrogen-bond acceptors (Lipinski definition) is 2. The van der Waals surface area contributed by atoms with Gasteiger partial charge in [-0.2, -0.15) is 0 Å². The van der Waals surface area contributed by atoms with Crippen LogP contribution in [0.4, 0.5) is 0 Å². The predicted molar refractivity (Wildman–Crippen MR) is 57.3 cm³/mol. The maximum atomic E-state index is 6.00. The largest absolute Gasteiger partial charge is 0.489 e. The summed E-state index contributed by atoms with van der Waals surface area (Å²) in [5.74, 6) is 0.940. The van der Waals surface area contributed by atoms with Gasteiger partial charge in [0.05, 0.1) is 0 Å². The minimum absolute atomic E-state index is 0.212. The normalized spacial score (nSPS) is 27.2. The Morgan fingerprint density at radius 3 is 2.50 bits per heavy atom. The summed E-state index contributed by atoms with van der Waals surface area (Å²) in [7, 11) is 0. The van der Waals surface area contributed by atoms with Crippen molar-refractivity contribution in [2.24, 2.45) is 5.73 Å². The van der Waals surface area contributed by atoms with Crippen LogP contribution in [0.2, 0.25) is 0 Å². The molecule has 0 spiro atoms. The topological polar surface area (TPSA) is 35.2 Å². The summed E-state index contributed by atoms with van der Waals surface area (Å²) >= 11 is 0. The maximum absolute atomic E-state index is 6.00. The Labute approximate surface area is 85.1 Å². The lowest BCUT2D eigenvalue weighted by Crippen LogP contribution is -2.41. The molecule has 2 N–H and O–H groups in total. The highest BCUT2D eigenvalue weighted by Crippen LogP contribution is 2.22. The molecule has 2 heteroatoms. The van der Waals surface area contributed by atoms with Gasteiger partial charge in [0.1, 0.15) is 11.9 Å². The highest BCUT2D eigenvalue weighted by molar-refractivity contribution is 5.21. The zero-order chi connectivity index (χ0) is 9.80. The molecular formula is C12H17NO. The Morgan fingerprint density at radius 1 is 1.07 bits per heavy atom. The van der Waals surface area contributed by atoms with E-state index in [9.17, 15) is 0 Å². The first-order chi connectivity index (χ1) is 6.86. The molecule has 76 valence electrons. The third-order valence-electron chi connectivity index (χ3n) is 2.78. The van der Waals surface area contributed by atoms with Gasteiger partial charge in [0.25, 0.3) is 0 Å². The molecule has 1 fully saturated rings. The monoisotopic (exact) mass is 191 g/mol. The van der Waals surface area contributed by atoms with E-state index in [4.69, 9.17) is 10.5 Å². The number of ether oxygens (including phenoxy) is 1. The van der Waals surface area contributed by atoms with Crippen LogP contribution < -0.4 is 10.5 Å². The smallest absolute Gasteiger partial charge is 0.119 e. The zero-order valence-electron chi connectivity index (χ0n) is 8.36. The molecule has 14 heavy (non-hydrogen) atoms. The first kappa shape index (κ1) is 9.53. The molecule has 2 rings (SSSR count). The Morgan fingerprint density at radius 2 is 1.79 bits per heavy atom. The van der Waals surface area contributed by atoms with Crippen molar-refractivity contribution in [3.63, 3.8) is 0 Å². The van der Waals surface area contributed by atoms with Crippen LogP contribution in [0.15, 0.2) is 30.3 Å². The van der Waals surface area contributed by atoms with E-state index in [0.717, 1.165) is 18.6 Å². The van der Waals surface area contributed by atoms with E-state index in [-0.39, 0.29) is 12.1 Å². The van der Waals surface area contributed by atoms with Gasteiger partial charge in [-0.25, -0.2) is 0 Å². The van der Waals surface area contributed by atoms with Gasteiger partial charge in [0.2, 0.25) is 0 Å². The molecule has 2 nitrogen and oxygen atoms in total. The average Bonchev–Trinajstić information content (AvgIpc) is 2.23. The lowest BCUT2D eigenvalue weighted by atomic mass is 9.93. The average molecular weight is 191 g/mol. The lowest BCUT2D eigenvalue weighted by Gasteiger charge is -2.29. The van der Waals surface area contributed by atoms with Crippen LogP contribution in [0.1, 0.15) is 25.7 Å². The molecular weight excluding hydrogens is 174 g/mol. The summed E-state index contributed by atoms with van der Waals surface area (Å²) in [6, 6.07) is 10.2. The highest BCUT2D eigenvalue weighted by Gasteiger charge is 2.22. The van der Waals surface area contributed by atoms with Crippen LogP contribution in [0.3, 0.4) is 0 Å². The molecule has 0 radical (unpaired) electrons. The Kier molecular flexibility index (Phi) is 3.04. The van der Waals surface area contributed by atoms with Crippen molar-refractivity contribution in [3.05, 3.63) is 30.3 Å². The standard InChI is InChI=1S/C12H17NO/c13-11-8-4-5-9-12(11)14-10-6-2-1-3-7-10/h1-3,6-7,11-12H,4-5,8-9,13H2/t11-,12+/m0/s1. The summed E-state index contributed by atoms with van der Waals surface area (Å²) in [4.78, 5) is 0. The SMILES string of the molecule is N[C@H]1CCCC[C@H]1Oc1ccccc1. The molecule has 1 aliphatic carbocycles. The van der Waals surface area contributed by atoms with Crippen LogP contribution in [-0.4, -0.2) is 12.1 Å². The summed E-state index contributed by atoms with van der Waals surface area (Å²) in [5, 5.41) is 0. The zero-order valence-corrected chi connectivity index (χ0v) is 8.36. The molecule has 1 saturated carbocycles. The predicted octanol–water partition coefficient (Wildman–Crippen LogP) is 2.34. The molecule has 1 aromatic rings. The van der Waals surface area contributed by atoms with Crippen LogP contribution in [0.25, 0.3) is 0 Å². The van der Waals surface area contributed by atoms with Gasteiger partial charge >= 0.3 is 0 Å². The number of hydrogen-bond donors (Lipinski definition) is 1. The Hall–Kier alpha value is -1.02. The molecule has 0 bridgehead atoms. The van der Waals surface area contributed by atoms with Gasteiger partial charge in [-0.05, 0) is 31.4 Å². The van der Waals surface area contributed by atoms with Crippen LogP contribution in [-0.2, 0) is 0 Å². The Bertz CT molecular complexity index is 273. The van der Waals surface area contributed by atoms with Crippen LogP contribution in [0.5, 0.6) is 5.75 Å². The Balaban J connectivity index is 1.96. The van der Waals surface area contributed by atoms with E-state index < -0.39 is 0 Å². The first-order valence-corrected chi connectivity index (χ1v) is 5.33. The van der Waals surface area contributed by atoms with E-state index in [2.05, 4.69) is 0 Å².